The van der Waals surface area contributed by atoms with E-state index in [0.29, 0.717) is 6.54 Å². The summed E-state index contributed by atoms with van der Waals surface area (Å²) in [5.74, 6) is -0.0710. The van der Waals surface area contributed by atoms with Crippen molar-refractivity contribution < 1.29 is 9.53 Å². The molecule has 0 aliphatic rings. The van der Waals surface area contributed by atoms with Crippen molar-refractivity contribution in [3.63, 3.8) is 0 Å². The van der Waals surface area contributed by atoms with E-state index in [1.54, 1.807) is 11.3 Å². The van der Waals surface area contributed by atoms with Gasteiger partial charge >= 0.3 is 0 Å². The number of nitrogens with zero attached hydrogens (tertiary/aromatic N) is 1. The minimum atomic E-state index is -0.286. The Morgan fingerprint density at radius 1 is 1.47 bits per heavy atom. The lowest BCUT2D eigenvalue weighted by Gasteiger charge is -2.24. The number of nitrogens with one attached hydrogen (secondary N) is 1. The van der Waals surface area contributed by atoms with Gasteiger partial charge in [-0.1, -0.05) is 6.07 Å². The normalized spacial score (nSPS) is 13.6. The largest absolute Gasteiger partial charge is 0.366 e. The molecule has 1 N–H and O–H groups in total. The van der Waals surface area contributed by atoms with Gasteiger partial charge < -0.3 is 15.0 Å². The maximum Gasteiger partial charge on any atom is 0.246 e. The van der Waals surface area contributed by atoms with E-state index in [9.17, 15) is 4.79 Å². The average molecular weight is 284 g/mol. The summed E-state index contributed by atoms with van der Waals surface area (Å²) < 4.78 is 5.45. The van der Waals surface area contributed by atoms with E-state index in [0.717, 1.165) is 0 Å². The molecular weight excluding hydrogens is 260 g/mol. The molecule has 0 aromatic carbocycles. The molecular formula is C14H24N2O2S. The van der Waals surface area contributed by atoms with Gasteiger partial charge in [-0.25, -0.2) is 0 Å². The number of carbonyl (C=O) groups is 1. The summed E-state index contributed by atoms with van der Waals surface area (Å²) in [5.41, 5.74) is -0.286. The highest BCUT2D eigenvalue weighted by Gasteiger charge is 2.17. The molecule has 0 fully saturated rings. The smallest absolute Gasteiger partial charge is 0.246 e. The first-order valence-electron chi connectivity index (χ1n) is 6.40. The van der Waals surface area contributed by atoms with Gasteiger partial charge in [0.05, 0.1) is 11.6 Å². The Kier molecular flexibility index (Phi) is 5.97. The Hall–Kier alpha value is -0.910. The zero-order valence-corrected chi connectivity index (χ0v) is 13.2. The van der Waals surface area contributed by atoms with Crippen LogP contribution in [0.15, 0.2) is 17.5 Å². The SMILES string of the molecule is CN(C)C(CNC(=O)COC(C)(C)C)c1cccs1. The van der Waals surface area contributed by atoms with Gasteiger partial charge in [0, 0.05) is 11.4 Å². The highest BCUT2D eigenvalue weighted by molar-refractivity contribution is 7.10. The molecule has 0 saturated heterocycles. The Bertz CT molecular complexity index is 383. The van der Waals surface area contributed by atoms with Crippen molar-refractivity contribution in [3.05, 3.63) is 22.4 Å². The second kappa shape index (κ2) is 7.03. The fourth-order valence-corrected chi connectivity index (χ4v) is 2.48. The standard InChI is InChI=1S/C14H24N2O2S/c1-14(2,3)18-10-13(17)15-9-11(16(4)5)12-7-6-8-19-12/h6-8,11H,9-10H2,1-5H3,(H,15,17). The van der Waals surface area contributed by atoms with Crippen molar-refractivity contribution in [2.45, 2.75) is 32.4 Å². The van der Waals surface area contributed by atoms with Crippen LogP contribution in [-0.2, 0) is 9.53 Å². The van der Waals surface area contributed by atoms with Gasteiger partial charge in [-0.3, -0.25) is 4.79 Å². The maximum absolute atomic E-state index is 11.7. The molecule has 4 nitrogen and oxygen atoms in total. The van der Waals surface area contributed by atoms with E-state index in [1.165, 1.54) is 4.88 Å². The molecule has 1 unspecified atom stereocenters. The number of thiophene rings is 1. The van der Waals surface area contributed by atoms with Crippen molar-refractivity contribution in [1.82, 2.24) is 10.2 Å². The van der Waals surface area contributed by atoms with Gasteiger partial charge in [-0.05, 0) is 46.3 Å². The third kappa shape index (κ3) is 6.18. The molecule has 1 atom stereocenters. The van der Waals surface area contributed by atoms with Crippen molar-refractivity contribution in [2.24, 2.45) is 0 Å². The first kappa shape index (κ1) is 16.1. The summed E-state index contributed by atoms with van der Waals surface area (Å²) in [6.45, 7) is 6.52. The second-order valence-corrected chi connectivity index (χ2v) is 6.68. The molecule has 0 saturated carbocycles. The zero-order chi connectivity index (χ0) is 14.5. The van der Waals surface area contributed by atoms with E-state index < -0.39 is 0 Å². The van der Waals surface area contributed by atoms with Gasteiger partial charge in [0.1, 0.15) is 6.61 Å². The quantitative estimate of drug-likeness (QED) is 0.871. The monoisotopic (exact) mass is 284 g/mol. The summed E-state index contributed by atoms with van der Waals surface area (Å²) in [5, 5.41) is 4.98. The Labute approximate surface area is 119 Å². The first-order chi connectivity index (χ1) is 8.79. The number of hydrogen-bond acceptors (Lipinski definition) is 4. The summed E-state index contributed by atoms with van der Waals surface area (Å²) >= 11 is 1.70. The molecule has 1 heterocycles. The molecule has 0 aliphatic heterocycles. The second-order valence-electron chi connectivity index (χ2n) is 5.70. The van der Waals surface area contributed by atoms with Crippen molar-refractivity contribution in [3.8, 4) is 0 Å². The highest BCUT2D eigenvalue weighted by atomic mass is 32.1. The fraction of sp³-hybridized carbons (Fsp3) is 0.643. The topological polar surface area (TPSA) is 41.6 Å². The molecule has 0 bridgehead atoms. The highest BCUT2D eigenvalue weighted by Crippen LogP contribution is 2.22. The summed E-state index contributed by atoms with van der Waals surface area (Å²) in [6.07, 6.45) is 0. The number of likely N-dealkylation sites (N-methyl/N-ethyl adjacent to an activating group) is 1. The number of hydrogen-bond donors (Lipinski definition) is 1. The predicted molar refractivity (Wildman–Crippen MR) is 79.5 cm³/mol. The van der Waals surface area contributed by atoms with Crippen LogP contribution in [-0.4, -0.2) is 43.7 Å². The van der Waals surface area contributed by atoms with Crippen LogP contribution < -0.4 is 5.32 Å². The number of ether oxygens (including phenoxy) is 1. The van der Waals surface area contributed by atoms with Crippen LogP contribution in [0.2, 0.25) is 0 Å². The zero-order valence-electron chi connectivity index (χ0n) is 12.4. The van der Waals surface area contributed by atoms with Crippen LogP contribution in [0.1, 0.15) is 31.7 Å². The maximum atomic E-state index is 11.7. The third-order valence-electron chi connectivity index (χ3n) is 2.62. The number of rotatable bonds is 6. The molecule has 0 spiro atoms. The molecule has 0 aliphatic carbocycles. The van der Waals surface area contributed by atoms with Crippen LogP contribution in [0.25, 0.3) is 0 Å². The van der Waals surface area contributed by atoms with Crippen molar-refractivity contribution in [2.75, 3.05) is 27.2 Å². The molecule has 0 radical (unpaired) electrons. The summed E-state index contributed by atoms with van der Waals surface area (Å²) in [6, 6.07) is 4.33. The van der Waals surface area contributed by atoms with Crippen LogP contribution in [0, 0.1) is 0 Å². The molecule has 19 heavy (non-hydrogen) atoms. The van der Waals surface area contributed by atoms with Crippen molar-refractivity contribution in [1.29, 1.82) is 0 Å². The van der Waals surface area contributed by atoms with Crippen LogP contribution in [0.4, 0.5) is 0 Å². The third-order valence-corrected chi connectivity index (χ3v) is 3.60. The van der Waals surface area contributed by atoms with Crippen LogP contribution in [0.5, 0.6) is 0 Å². The lowest BCUT2D eigenvalue weighted by atomic mass is 10.2. The van der Waals surface area contributed by atoms with Crippen molar-refractivity contribution >= 4 is 17.2 Å². The van der Waals surface area contributed by atoms with Gasteiger partial charge in [0.25, 0.3) is 0 Å². The lowest BCUT2D eigenvalue weighted by Crippen LogP contribution is -2.37. The van der Waals surface area contributed by atoms with Gasteiger partial charge in [-0.15, -0.1) is 11.3 Å². The minimum Gasteiger partial charge on any atom is -0.366 e. The molecule has 1 amide bonds. The molecule has 108 valence electrons. The van der Waals surface area contributed by atoms with Crippen LogP contribution in [0.3, 0.4) is 0 Å². The van der Waals surface area contributed by atoms with Gasteiger partial charge in [0.2, 0.25) is 5.91 Å². The van der Waals surface area contributed by atoms with Crippen LogP contribution >= 0.6 is 11.3 Å². The minimum absolute atomic E-state index is 0.0710. The van der Waals surface area contributed by atoms with E-state index in [2.05, 4.69) is 21.7 Å². The number of carbonyl (C=O) groups excluding carboxylic acids is 1. The first-order valence-corrected chi connectivity index (χ1v) is 7.28. The Morgan fingerprint density at radius 3 is 2.63 bits per heavy atom. The molecule has 1 aromatic heterocycles. The van der Waals surface area contributed by atoms with E-state index in [1.807, 2.05) is 40.9 Å². The lowest BCUT2D eigenvalue weighted by molar-refractivity contribution is -0.130. The fourth-order valence-electron chi connectivity index (χ4n) is 1.56. The molecule has 5 heteroatoms. The van der Waals surface area contributed by atoms with Gasteiger partial charge in [-0.2, -0.15) is 0 Å². The van der Waals surface area contributed by atoms with E-state index in [4.69, 9.17) is 4.74 Å². The predicted octanol–water partition coefficient (Wildman–Crippen LogP) is 2.28. The van der Waals surface area contributed by atoms with E-state index >= 15 is 0 Å². The van der Waals surface area contributed by atoms with Gasteiger partial charge in [0.15, 0.2) is 0 Å². The Balaban J connectivity index is 2.43. The molecule has 1 aromatic rings. The molecule has 1 rings (SSSR count). The summed E-state index contributed by atoms with van der Waals surface area (Å²) in [4.78, 5) is 15.1. The number of amides is 1. The summed E-state index contributed by atoms with van der Waals surface area (Å²) in [7, 11) is 4.03. The average Bonchev–Trinajstić information content (AvgIpc) is 2.78. The van der Waals surface area contributed by atoms with E-state index in [-0.39, 0.29) is 24.2 Å². The Morgan fingerprint density at radius 2 is 2.16 bits per heavy atom.